The van der Waals surface area contributed by atoms with Crippen molar-refractivity contribution < 1.29 is 19.2 Å². The maximum absolute atomic E-state index is 12.3. The zero-order valence-corrected chi connectivity index (χ0v) is 14.3. The monoisotopic (exact) mass is 330 g/mol. The quantitative estimate of drug-likeness (QED) is 0.879. The molecule has 1 atom stereocenters. The summed E-state index contributed by atoms with van der Waals surface area (Å²) < 4.78 is 5.19. The zero-order valence-electron chi connectivity index (χ0n) is 14.3. The molecule has 0 aliphatic rings. The molecule has 1 aromatic heterocycles. The summed E-state index contributed by atoms with van der Waals surface area (Å²) in [6.07, 6.45) is 0. The van der Waals surface area contributed by atoms with Crippen LogP contribution in [-0.4, -0.2) is 28.7 Å². The van der Waals surface area contributed by atoms with Gasteiger partial charge in [-0.1, -0.05) is 56.3 Å². The lowest BCUT2D eigenvalue weighted by atomic mass is 9.82. The number of carboxylic acid groups (broad SMARTS) is 1. The number of hydrogen-bond donors (Lipinski definition) is 2. The standard InChI is InChI=1S/C18H22N2O4/c1-17(2,3)14-10-13(20-24-14)15(21)19-11-18(4,16(22)23)12-8-6-5-7-9-12/h5-10H,11H2,1-4H3,(H,19,21)(H,22,23). The van der Waals surface area contributed by atoms with Crippen LogP contribution in [0.4, 0.5) is 0 Å². The first-order chi connectivity index (χ1) is 11.1. The number of aliphatic carboxylic acids is 1. The van der Waals surface area contributed by atoms with Gasteiger partial charge in [-0.2, -0.15) is 0 Å². The summed E-state index contributed by atoms with van der Waals surface area (Å²) in [6, 6.07) is 10.4. The molecule has 6 heteroatoms. The number of amides is 1. The summed E-state index contributed by atoms with van der Waals surface area (Å²) >= 11 is 0. The molecule has 6 nitrogen and oxygen atoms in total. The van der Waals surface area contributed by atoms with Crippen LogP contribution in [0.1, 0.15) is 49.5 Å². The molecule has 0 aliphatic heterocycles. The van der Waals surface area contributed by atoms with Gasteiger partial charge in [-0.15, -0.1) is 0 Å². The third kappa shape index (κ3) is 3.64. The molecule has 0 fully saturated rings. The van der Waals surface area contributed by atoms with E-state index >= 15 is 0 Å². The van der Waals surface area contributed by atoms with E-state index in [0.29, 0.717) is 11.3 Å². The van der Waals surface area contributed by atoms with Gasteiger partial charge in [0.25, 0.3) is 5.91 Å². The first-order valence-electron chi connectivity index (χ1n) is 7.69. The van der Waals surface area contributed by atoms with E-state index in [1.807, 2.05) is 26.8 Å². The SMILES string of the molecule is CC(C)(C)c1cc(C(=O)NCC(C)(C(=O)O)c2ccccc2)no1. The van der Waals surface area contributed by atoms with Gasteiger partial charge in [0.2, 0.25) is 0 Å². The lowest BCUT2D eigenvalue weighted by Gasteiger charge is -2.25. The maximum atomic E-state index is 12.3. The van der Waals surface area contributed by atoms with Crippen molar-refractivity contribution in [1.29, 1.82) is 0 Å². The molecule has 0 saturated carbocycles. The van der Waals surface area contributed by atoms with Crippen LogP contribution in [0.5, 0.6) is 0 Å². The second-order valence-electron chi connectivity index (χ2n) is 7.01. The second kappa shape index (κ2) is 6.47. The number of carboxylic acids is 1. The van der Waals surface area contributed by atoms with Crippen LogP contribution in [-0.2, 0) is 15.6 Å². The Morgan fingerprint density at radius 2 is 1.79 bits per heavy atom. The van der Waals surface area contributed by atoms with Crippen molar-refractivity contribution in [1.82, 2.24) is 10.5 Å². The fourth-order valence-electron chi connectivity index (χ4n) is 2.19. The van der Waals surface area contributed by atoms with E-state index < -0.39 is 17.3 Å². The summed E-state index contributed by atoms with van der Waals surface area (Å²) in [5.41, 5.74) is -0.729. The fraction of sp³-hybridized carbons (Fsp3) is 0.389. The van der Waals surface area contributed by atoms with Crippen LogP contribution in [0.25, 0.3) is 0 Å². The van der Waals surface area contributed by atoms with Crippen LogP contribution in [0.2, 0.25) is 0 Å². The normalized spacial score (nSPS) is 14.0. The number of aromatic nitrogens is 1. The largest absolute Gasteiger partial charge is 0.481 e. The Hall–Kier alpha value is -2.63. The smallest absolute Gasteiger partial charge is 0.315 e. The first kappa shape index (κ1) is 17.7. The molecule has 1 amide bonds. The number of benzene rings is 1. The third-order valence-electron chi connectivity index (χ3n) is 3.97. The van der Waals surface area contributed by atoms with Crippen molar-refractivity contribution in [2.75, 3.05) is 6.54 Å². The fourth-order valence-corrected chi connectivity index (χ4v) is 2.19. The molecule has 1 unspecified atom stereocenters. The molecule has 0 spiro atoms. The number of nitrogens with zero attached hydrogens (tertiary/aromatic N) is 1. The summed E-state index contributed by atoms with van der Waals surface area (Å²) in [4.78, 5) is 24.0. The van der Waals surface area contributed by atoms with Crippen LogP contribution < -0.4 is 5.32 Å². The summed E-state index contributed by atoms with van der Waals surface area (Å²) in [6.45, 7) is 7.38. The van der Waals surface area contributed by atoms with Gasteiger partial charge in [0.05, 0.1) is 0 Å². The van der Waals surface area contributed by atoms with Gasteiger partial charge in [-0.3, -0.25) is 9.59 Å². The van der Waals surface area contributed by atoms with Gasteiger partial charge < -0.3 is 14.9 Å². The average molecular weight is 330 g/mol. The maximum Gasteiger partial charge on any atom is 0.315 e. The molecule has 128 valence electrons. The highest BCUT2D eigenvalue weighted by Gasteiger charge is 2.36. The van der Waals surface area contributed by atoms with Crippen LogP contribution in [0.15, 0.2) is 40.9 Å². The van der Waals surface area contributed by atoms with Crippen LogP contribution in [0.3, 0.4) is 0 Å². The van der Waals surface area contributed by atoms with E-state index in [1.165, 1.54) is 0 Å². The second-order valence-corrected chi connectivity index (χ2v) is 7.01. The summed E-state index contributed by atoms with van der Waals surface area (Å²) in [7, 11) is 0. The van der Waals surface area contributed by atoms with Crippen molar-refractivity contribution in [3.63, 3.8) is 0 Å². The summed E-state index contributed by atoms with van der Waals surface area (Å²) in [5, 5.41) is 16.0. The van der Waals surface area contributed by atoms with Crippen LogP contribution in [0, 0.1) is 0 Å². The number of carbonyl (C=O) groups is 2. The topological polar surface area (TPSA) is 92.4 Å². The Bertz CT molecular complexity index is 731. The minimum Gasteiger partial charge on any atom is -0.481 e. The van der Waals surface area contributed by atoms with E-state index in [2.05, 4.69) is 10.5 Å². The number of hydrogen-bond acceptors (Lipinski definition) is 4. The highest BCUT2D eigenvalue weighted by molar-refractivity contribution is 5.93. The Morgan fingerprint density at radius 3 is 2.29 bits per heavy atom. The predicted molar refractivity (Wildman–Crippen MR) is 89.0 cm³/mol. The highest BCUT2D eigenvalue weighted by atomic mass is 16.5. The highest BCUT2D eigenvalue weighted by Crippen LogP contribution is 2.24. The zero-order chi connectivity index (χ0) is 18.0. The van der Waals surface area contributed by atoms with Gasteiger partial charge in [0.1, 0.15) is 11.2 Å². The van der Waals surface area contributed by atoms with E-state index in [4.69, 9.17) is 4.52 Å². The van der Waals surface area contributed by atoms with E-state index in [1.54, 1.807) is 37.3 Å². The molecule has 2 N–H and O–H groups in total. The van der Waals surface area contributed by atoms with Crippen molar-refractivity contribution in [2.45, 2.75) is 38.5 Å². The number of nitrogens with one attached hydrogen (secondary N) is 1. The van der Waals surface area contributed by atoms with Gasteiger partial charge >= 0.3 is 5.97 Å². The molecule has 24 heavy (non-hydrogen) atoms. The molecule has 2 aromatic rings. The third-order valence-corrected chi connectivity index (χ3v) is 3.97. The Morgan fingerprint density at radius 1 is 1.17 bits per heavy atom. The Balaban J connectivity index is 2.14. The average Bonchev–Trinajstić information content (AvgIpc) is 3.03. The Kier molecular flexibility index (Phi) is 4.78. The Labute approximate surface area is 140 Å². The molecule has 0 radical (unpaired) electrons. The van der Waals surface area contributed by atoms with E-state index in [9.17, 15) is 14.7 Å². The molecule has 1 aromatic carbocycles. The number of carbonyl (C=O) groups excluding carboxylic acids is 1. The lowest BCUT2D eigenvalue weighted by Crippen LogP contribution is -2.44. The van der Waals surface area contributed by atoms with Gasteiger partial charge in [0.15, 0.2) is 5.69 Å². The van der Waals surface area contributed by atoms with Crippen molar-refractivity contribution in [3.8, 4) is 0 Å². The molecular formula is C18H22N2O4. The first-order valence-corrected chi connectivity index (χ1v) is 7.69. The molecular weight excluding hydrogens is 308 g/mol. The molecule has 0 saturated heterocycles. The summed E-state index contributed by atoms with van der Waals surface area (Å²) in [5.74, 6) is -0.876. The lowest BCUT2D eigenvalue weighted by molar-refractivity contribution is -0.142. The van der Waals surface area contributed by atoms with Crippen molar-refractivity contribution >= 4 is 11.9 Å². The molecule has 0 aliphatic carbocycles. The molecule has 1 heterocycles. The predicted octanol–water partition coefficient (Wildman–Crippen LogP) is 2.74. The number of rotatable bonds is 5. The minimum absolute atomic E-state index is 0.0527. The van der Waals surface area contributed by atoms with E-state index in [0.717, 1.165) is 0 Å². The van der Waals surface area contributed by atoms with Gasteiger partial charge in [-0.05, 0) is 12.5 Å². The minimum atomic E-state index is -1.23. The van der Waals surface area contributed by atoms with E-state index in [-0.39, 0.29) is 17.7 Å². The van der Waals surface area contributed by atoms with Crippen molar-refractivity contribution in [3.05, 3.63) is 53.4 Å². The molecule has 0 bridgehead atoms. The van der Waals surface area contributed by atoms with Gasteiger partial charge in [-0.25, -0.2) is 0 Å². The van der Waals surface area contributed by atoms with Crippen molar-refractivity contribution in [2.24, 2.45) is 0 Å². The van der Waals surface area contributed by atoms with Gasteiger partial charge in [0, 0.05) is 18.0 Å². The van der Waals surface area contributed by atoms with Crippen LogP contribution >= 0.6 is 0 Å². The molecule has 2 rings (SSSR count).